The third-order valence-corrected chi connectivity index (χ3v) is 3.07. The Kier molecular flexibility index (Phi) is 3.73. The summed E-state index contributed by atoms with van der Waals surface area (Å²) < 4.78 is 5.11. The van der Waals surface area contributed by atoms with Crippen LogP contribution in [0.2, 0.25) is 0 Å². The molecule has 1 aromatic heterocycles. The van der Waals surface area contributed by atoms with Gasteiger partial charge in [-0.2, -0.15) is 10.2 Å². The molecule has 1 heterocycles. The summed E-state index contributed by atoms with van der Waals surface area (Å²) >= 11 is 0. The summed E-state index contributed by atoms with van der Waals surface area (Å²) in [4.78, 5) is 0. The van der Waals surface area contributed by atoms with Gasteiger partial charge in [-0.05, 0) is 29.8 Å². The zero-order chi connectivity index (χ0) is 14.5. The number of methoxy groups -OCH3 is 1. The van der Waals surface area contributed by atoms with Gasteiger partial charge in [0.05, 0.1) is 19.5 Å². The number of fused-ring (bicyclic) bond motifs is 1. The van der Waals surface area contributed by atoms with E-state index in [9.17, 15) is 0 Å². The van der Waals surface area contributed by atoms with Crippen LogP contribution >= 0.6 is 0 Å². The van der Waals surface area contributed by atoms with Crippen molar-refractivity contribution in [3.05, 3.63) is 60.3 Å². The molecule has 1 N–H and O–H groups in total. The number of anilines is 1. The lowest BCUT2D eigenvalue weighted by molar-refractivity contribution is 0.415. The third kappa shape index (κ3) is 2.97. The number of rotatable bonds is 4. The maximum atomic E-state index is 5.11. The molecule has 3 aromatic rings. The molecule has 0 fully saturated rings. The minimum Gasteiger partial charge on any atom is -0.497 e. The topological polar surface area (TPSA) is 59.4 Å². The number of benzene rings is 2. The summed E-state index contributed by atoms with van der Waals surface area (Å²) in [5.74, 6) is 1.46. The normalized spacial score (nSPS) is 10.9. The molecule has 0 aliphatic rings. The summed E-state index contributed by atoms with van der Waals surface area (Å²) in [5.41, 5.74) is 3.90. The van der Waals surface area contributed by atoms with Gasteiger partial charge in [-0.15, -0.1) is 5.10 Å². The van der Waals surface area contributed by atoms with Gasteiger partial charge >= 0.3 is 0 Å². The van der Waals surface area contributed by atoms with Gasteiger partial charge in [-0.1, -0.05) is 24.3 Å². The molecule has 2 aromatic carbocycles. The van der Waals surface area contributed by atoms with Crippen LogP contribution in [0.5, 0.6) is 5.75 Å². The van der Waals surface area contributed by atoms with Crippen molar-refractivity contribution in [1.29, 1.82) is 0 Å². The van der Waals surface area contributed by atoms with E-state index in [1.807, 2.05) is 48.5 Å². The fourth-order valence-electron chi connectivity index (χ4n) is 1.97. The first-order chi connectivity index (χ1) is 10.4. The van der Waals surface area contributed by atoms with E-state index in [-0.39, 0.29) is 0 Å². The highest BCUT2D eigenvalue weighted by Crippen LogP contribution is 2.19. The average Bonchev–Trinajstić information content (AvgIpc) is 2.56. The number of hydrogen-bond donors (Lipinski definition) is 1. The molecule has 104 valence electrons. The Bertz CT molecular complexity index is 763. The van der Waals surface area contributed by atoms with Crippen LogP contribution < -0.4 is 10.2 Å². The summed E-state index contributed by atoms with van der Waals surface area (Å²) in [6, 6.07) is 15.5. The van der Waals surface area contributed by atoms with Crippen LogP contribution in [0.3, 0.4) is 0 Å². The van der Waals surface area contributed by atoms with E-state index in [0.29, 0.717) is 5.82 Å². The van der Waals surface area contributed by atoms with Crippen LogP contribution in [0, 0.1) is 0 Å². The molecule has 0 saturated carbocycles. The third-order valence-electron chi connectivity index (χ3n) is 3.07. The number of ether oxygens (including phenoxy) is 1. The number of hydrogen-bond acceptors (Lipinski definition) is 5. The van der Waals surface area contributed by atoms with Gasteiger partial charge in [-0.3, -0.25) is 5.43 Å². The first-order valence-corrected chi connectivity index (χ1v) is 6.50. The van der Waals surface area contributed by atoms with Crippen molar-refractivity contribution in [3.8, 4) is 5.75 Å². The molecular weight excluding hydrogens is 264 g/mol. The van der Waals surface area contributed by atoms with Gasteiger partial charge in [0, 0.05) is 10.8 Å². The lowest BCUT2D eigenvalue weighted by Crippen LogP contribution is -1.96. The second-order valence-corrected chi connectivity index (χ2v) is 4.42. The Balaban J connectivity index is 1.78. The van der Waals surface area contributed by atoms with Crippen molar-refractivity contribution in [2.75, 3.05) is 12.5 Å². The molecule has 0 unspecified atom stereocenters. The molecular formula is C16H14N4O. The summed E-state index contributed by atoms with van der Waals surface area (Å²) in [7, 11) is 1.64. The summed E-state index contributed by atoms with van der Waals surface area (Å²) in [6.07, 6.45) is 3.45. The van der Waals surface area contributed by atoms with E-state index in [4.69, 9.17) is 4.74 Å². The van der Waals surface area contributed by atoms with Crippen molar-refractivity contribution in [2.45, 2.75) is 0 Å². The zero-order valence-corrected chi connectivity index (χ0v) is 11.5. The molecule has 21 heavy (non-hydrogen) atoms. The van der Waals surface area contributed by atoms with Crippen molar-refractivity contribution < 1.29 is 4.74 Å². The lowest BCUT2D eigenvalue weighted by atomic mass is 10.2. The number of nitrogens with one attached hydrogen (secondary N) is 1. The minimum absolute atomic E-state index is 0.637. The van der Waals surface area contributed by atoms with E-state index < -0.39 is 0 Å². The monoisotopic (exact) mass is 278 g/mol. The molecule has 0 aliphatic heterocycles. The van der Waals surface area contributed by atoms with Gasteiger partial charge in [0.15, 0.2) is 5.82 Å². The average molecular weight is 278 g/mol. The second-order valence-electron chi connectivity index (χ2n) is 4.42. The van der Waals surface area contributed by atoms with Gasteiger partial charge in [0.25, 0.3) is 0 Å². The lowest BCUT2D eigenvalue weighted by Gasteiger charge is -2.03. The Hall–Kier alpha value is -2.95. The predicted molar refractivity (Wildman–Crippen MR) is 83.7 cm³/mol. The summed E-state index contributed by atoms with van der Waals surface area (Å²) in [5, 5.41) is 14.2. The van der Waals surface area contributed by atoms with Crippen LogP contribution in [0.25, 0.3) is 10.8 Å². The fourth-order valence-corrected chi connectivity index (χ4v) is 1.97. The minimum atomic E-state index is 0.637. The first-order valence-electron chi connectivity index (χ1n) is 6.50. The van der Waals surface area contributed by atoms with E-state index in [2.05, 4.69) is 20.7 Å². The van der Waals surface area contributed by atoms with Crippen LogP contribution in [0.4, 0.5) is 5.82 Å². The Labute approximate surface area is 122 Å². The molecule has 0 spiro atoms. The van der Waals surface area contributed by atoms with Crippen LogP contribution in [-0.2, 0) is 0 Å². The van der Waals surface area contributed by atoms with Gasteiger partial charge in [0.1, 0.15) is 5.75 Å². The number of hydrazone groups is 1. The van der Waals surface area contributed by atoms with Crippen LogP contribution in [0.15, 0.2) is 59.8 Å². The molecule has 5 nitrogen and oxygen atoms in total. The predicted octanol–water partition coefficient (Wildman–Crippen LogP) is 3.08. The molecule has 0 radical (unpaired) electrons. The maximum Gasteiger partial charge on any atom is 0.176 e. The molecule has 0 saturated heterocycles. The van der Waals surface area contributed by atoms with E-state index >= 15 is 0 Å². The summed E-state index contributed by atoms with van der Waals surface area (Å²) in [6.45, 7) is 0. The van der Waals surface area contributed by atoms with Crippen molar-refractivity contribution in [2.24, 2.45) is 5.10 Å². The number of aromatic nitrogens is 2. The highest BCUT2D eigenvalue weighted by Gasteiger charge is 2.00. The highest BCUT2D eigenvalue weighted by atomic mass is 16.5. The van der Waals surface area contributed by atoms with Crippen molar-refractivity contribution in [3.63, 3.8) is 0 Å². The van der Waals surface area contributed by atoms with E-state index in [1.165, 1.54) is 0 Å². The molecule has 0 atom stereocenters. The molecule has 0 aliphatic carbocycles. The highest BCUT2D eigenvalue weighted by molar-refractivity contribution is 5.91. The Morgan fingerprint density at radius 3 is 2.71 bits per heavy atom. The maximum absolute atomic E-state index is 5.11. The van der Waals surface area contributed by atoms with Gasteiger partial charge < -0.3 is 4.74 Å². The van der Waals surface area contributed by atoms with E-state index in [1.54, 1.807) is 19.5 Å². The molecule has 0 amide bonds. The SMILES string of the molecule is COc1ccc(/C=N/Nc2nncc3ccccc23)cc1. The van der Waals surface area contributed by atoms with Gasteiger partial charge in [-0.25, -0.2) is 0 Å². The Morgan fingerprint density at radius 2 is 1.90 bits per heavy atom. The van der Waals surface area contributed by atoms with Crippen LogP contribution in [-0.4, -0.2) is 23.5 Å². The Morgan fingerprint density at radius 1 is 1.10 bits per heavy atom. The second kappa shape index (κ2) is 6.00. The smallest absolute Gasteiger partial charge is 0.176 e. The van der Waals surface area contributed by atoms with Crippen LogP contribution in [0.1, 0.15) is 5.56 Å². The first kappa shape index (κ1) is 13.1. The van der Waals surface area contributed by atoms with Crippen molar-refractivity contribution >= 4 is 22.8 Å². The fraction of sp³-hybridized carbons (Fsp3) is 0.0625. The molecule has 0 bridgehead atoms. The standard InChI is InChI=1S/C16H14N4O/c1-21-14-8-6-12(7-9-14)10-17-19-16-15-5-3-2-4-13(15)11-18-20-16/h2-11H,1H3,(H,19,20)/b17-10+. The number of nitrogens with zero attached hydrogens (tertiary/aromatic N) is 3. The largest absolute Gasteiger partial charge is 0.497 e. The van der Waals surface area contributed by atoms with E-state index in [0.717, 1.165) is 22.1 Å². The van der Waals surface area contributed by atoms with Gasteiger partial charge in [0.2, 0.25) is 0 Å². The zero-order valence-electron chi connectivity index (χ0n) is 11.5. The molecule has 5 heteroatoms. The quantitative estimate of drug-likeness (QED) is 0.588. The molecule has 3 rings (SSSR count). The van der Waals surface area contributed by atoms with Crippen molar-refractivity contribution in [1.82, 2.24) is 10.2 Å².